The van der Waals surface area contributed by atoms with Gasteiger partial charge in [0.2, 0.25) is 11.9 Å². The molecule has 21 heavy (non-hydrogen) atoms. The highest BCUT2D eigenvalue weighted by atomic mass is 16.5. The molecule has 0 radical (unpaired) electrons. The fourth-order valence-electron chi connectivity index (χ4n) is 1.55. The van der Waals surface area contributed by atoms with Crippen molar-refractivity contribution in [3.63, 3.8) is 0 Å². The van der Waals surface area contributed by atoms with Crippen LogP contribution < -0.4 is 15.0 Å². The molecular formula is C14H27N5O2. The predicted octanol–water partition coefficient (Wildman–Crippen LogP) is 1.95. The van der Waals surface area contributed by atoms with Crippen molar-refractivity contribution in [2.75, 3.05) is 43.6 Å². The van der Waals surface area contributed by atoms with E-state index in [1.807, 2.05) is 32.7 Å². The number of nitrogens with zero attached hydrogens (tertiary/aromatic N) is 4. The highest BCUT2D eigenvalue weighted by molar-refractivity contribution is 5.37. The topological polar surface area (TPSA) is 72.4 Å². The van der Waals surface area contributed by atoms with E-state index in [2.05, 4.69) is 27.2 Å². The minimum Gasteiger partial charge on any atom is -0.464 e. The van der Waals surface area contributed by atoms with Crippen molar-refractivity contribution in [2.24, 2.45) is 0 Å². The summed E-state index contributed by atoms with van der Waals surface area (Å²) in [6, 6.07) is 0.345. The zero-order valence-electron chi connectivity index (χ0n) is 13.7. The van der Waals surface area contributed by atoms with E-state index in [4.69, 9.17) is 9.47 Å². The van der Waals surface area contributed by atoms with E-state index in [0.717, 1.165) is 13.0 Å². The Kier molecular flexibility index (Phi) is 7.74. The van der Waals surface area contributed by atoms with Crippen LogP contribution in [-0.2, 0) is 4.74 Å². The number of hydrogen-bond donors (Lipinski definition) is 1. The van der Waals surface area contributed by atoms with Crippen LogP contribution >= 0.6 is 0 Å². The molecule has 7 heteroatoms. The van der Waals surface area contributed by atoms with Gasteiger partial charge in [-0.05, 0) is 27.2 Å². The minimum absolute atomic E-state index is 0.220. The molecule has 1 aromatic rings. The lowest BCUT2D eigenvalue weighted by Gasteiger charge is -2.19. The van der Waals surface area contributed by atoms with Crippen LogP contribution in [0.5, 0.6) is 6.01 Å². The van der Waals surface area contributed by atoms with Gasteiger partial charge in [-0.1, -0.05) is 6.92 Å². The first-order valence-electron chi connectivity index (χ1n) is 7.52. The van der Waals surface area contributed by atoms with Crippen molar-refractivity contribution >= 4 is 11.9 Å². The molecule has 0 amide bonds. The monoisotopic (exact) mass is 297 g/mol. The van der Waals surface area contributed by atoms with E-state index >= 15 is 0 Å². The van der Waals surface area contributed by atoms with E-state index < -0.39 is 0 Å². The number of rotatable bonds is 10. The molecule has 0 aliphatic rings. The zero-order valence-corrected chi connectivity index (χ0v) is 13.7. The first-order chi connectivity index (χ1) is 10.1. The van der Waals surface area contributed by atoms with Crippen LogP contribution in [0.15, 0.2) is 0 Å². The van der Waals surface area contributed by atoms with E-state index in [-0.39, 0.29) is 6.10 Å². The molecule has 1 N–H and O–H groups in total. The van der Waals surface area contributed by atoms with Crippen molar-refractivity contribution in [2.45, 2.75) is 40.2 Å². The molecule has 0 atom stereocenters. The Bertz CT molecular complexity index is 414. The van der Waals surface area contributed by atoms with Gasteiger partial charge in [-0.15, -0.1) is 0 Å². The normalized spacial score (nSPS) is 10.8. The average molecular weight is 297 g/mol. The summed E-state index contributed by atoms with van der Waals surface area (Å²) in [7, 11) is 1.93. The number of nitrogens with one attached hydrogen (secondary N) is 1. The number of ether oxygens (including phenoxy) is 2. The van der Waals surface area contributed by atoms with Crippen LogP contribution in [0.1, 0.15) is 34.1 Å². The zero-order chi connectivity index (χ0) is 15.7. The van der Waals surface area contributed by atoms with Gasteiger partial charge < -0.3 is 19.7 Å². The van der Waals surface area contributed by atoms with Gasteiger partial charge in [0.1, 0.15) is 0 Å². The smallest absolute Gasteiger partial charge is 0.323 e. The molecular weight excluding hydrogens is 270 g/mol. The largest absolute Gasteiger partial charge is 0.464 e. The van der Waals surface area contributed by atoms with Crippen LogP contribution in [0.3, 0.4) is 0 Å². The van der Waals surface area contributed by atoms with Gasteiger partial charge in [0, 0.05) is 20.1 Å². The summed E-state index contributed by atoms with van der Waals surface area (Å²) in [5, 5.41) is 3.16. The van der Waals surface area contributed by atoms with Crippen molar-refractivity contribution in [3.05, 3.63) is 0 Å². The fraction of sp³-hybridized carbons (Fsp3) is 0.786. The van der Waals surface area contributed by atoms with E-state index in [1.165, 1.54) is 0 Å². The molecule has 1 rings (SSSR count). The van der Waals surface area contributed by atoms with E-state index in [0.29, 0.717) is 37.7 Å². The number of likely N-dealkylation sites (N-methyl/N-ethyl adjacent to an activating group) is 1. The molecule has 1 aromatic heterocycles. The molecule has 0 aliphatic heterocycles. The summed E-state index contributed by atoms with van der Waals surface area (Å²) < 4.78 is 10.9. The highest BCUT2D eigenvalue weighted by Gasteiger charge is 2.11. The lowest BCUT2D eigenvalue weighted by molar-refractivity contribution is 0.0844. The Morgan fingerprint density at radius 1 is 1.19 bits per heavy atom. The van der Waals surface area contributed by atoms with Gasteiger partial charge in [-0.3, -0.25) is 0 Å². The van der Waals surface area contributed by atoms with E-state index in [9.17, 15) is 0 Å². The van der Waals surface area contributed by atoms with Crippen molar-refractivity contribution in [1.82, 2.24) is 15.0 Å². The van der Waals surface area contributed by atoms with Crippen LogP contribution in [0.2, 0.25) is 0 Å². The molecule has 0 aromatic carbocycles. The Morgan fingerprint density at radius 2 is 1.95 bits per heavy atom. The Labute approximate surface area is 127 Å². The summed E-state index contributed by atoms with van der Waals surface area (Å²) in [5.41, 5.74) is 0. The Balaban J connectivity index is 2.75. The van der Waals surface area contributed by atoms with Gasteiger partial charge in [0.25, 0.3) is 0 Å². The molecule has 0 unspecified atom stereocenters. The molecule has 0 aliphatic carbocycles. The molecule has 0 spiro atoms. The molecule has 0 saturated heterocycles. The maximum absolute atomic E-state index is 5.55. The van der Waals surface area contributed by atoms with Gasteiger partial charge in [-0.25, -0.2) is 0 Å². The first-order valence-corrected chi connectivity index (χ1v) is 7.52. The van der Waals surface area contributed by atoms with Crippen LogP contribution in [-0.4, -0.2) is 54.4 Å². The highest BCUT2D eigenvalue weighted by Crippen LogP contribution is 2.14. The quantitative estimate of drug-likeness (QED) is 0.707. The van der Waals surface area contributed by atoms with Gasteiger partial charge in [0.05, 0.1) is 19.3 Å². The molecule has 120 valence electrons. The van der Waals surface area contributed by atoms with Crippen molar-refractivity contribution in [1.29, 1.82) is 0 Å². The first kappa shape index (κ1) is 17.4. The molecule has 0 bridgehead atoms. The Morgan fingerprint density at radius 3 is 2.57 bits per heavy atom. The standard InChI is InChI=1S/C14H27N5O2/c1-6-8-15-12-16-13(18-14(17-12)20-7-2)19(5)9-10-21-11(3)4/h11H,6-10H2,1-5H3,(H,15,16,17,18). The van der Waals surface area contributed by atoms with Crippen LogP contribution in [0.4, 0.5) is 11.9 Å². The van der Waals surface area contributed by atoms with E-state index in [1.54, 1.807) is 0 Å². The van der Waals surface area contributed by atoms with Gasteiger partial charge in [0.15, 0.2) is 0 Å². The number of hydrogen-bond acceptors (Lipinski definition) is 7. The molecule has 0 saturated carbocycles. The van der Waals surface area contributed by atoms with Gasteiger partial charge in [-0.2, -0.15) is 15.0 Å². The van der Waals surface area contributed by atoms with Crippen molar-refractivity contribution < 1.29 is 9.47 Å². The molecule has 7 nitrogen and oxygen atoms in total. The fourth-order valence-corrected chi connectivity index (χ4v) is 1.55. The minimum atomic E-state index is 0.220. The number of aromatic nitrogens is 3. The maximum Gasteiger partial charge on any atom is 0.323 e. The van der Waals surface area contributed by atoms with Crippen LogP contribution in [0.25, 0.3) is 0 Å². The Hall–Kier alpha value is -1.63. The summed E-state index contributed by atoms with van der Waals surface area (Å²) in [6.45, 7) is 10.7. The second-order valence-corrected chi connectivity index (χ2v) is 4.94. The second-order valence-electron chi connectivity index (χ2n) is 4.94. The molecule has 0 fully saturated rings. The second kappa shape index (κ2) is 9.33. The predicted molar refractivity (Wildman–Crippen MR) is 84.1 cm³/mol. The summed E-state index contributed by atoms with van der Waals surface area (Å²) in [6.07, 6.45) is 1.22. The average Bonchev–Trinajstić information content (AvgIpc) is 2.44. The summed E-state index contributed by atoms with van der Waals surface area (Å²) in [5.74, 6) is 1.13. The van der Waals surface area contributed by atoms with Crippen molar-refractivity contribution in [3.8, 4) is 6.01 Å². The summed E-state index contributed by atoms with van der Waals surface area (Å²) >= 11 is 0. The van der Waals surface area contributed by atoms with Gasteiger partial charge >= 0.3 is 6.01 Å². The third-order valence-electron chi connectivity index (χ3n) is 2.63. The molecule has 1 heterocycles. The maximum atomic E-state index is 5.55. The third kappa shape index (κ3) is 6.57. The van der Waals surface area contributed by atoms with Crippen LogP contribution in [0, 0.1) is 0 Å². The number of anilines is 2. The summed E-state index contributed by atoms with van der Waals surface area (Å²) in [4.78, 5) is 14.9. The SMILES string of the molecule is CCCNc1nc(OCC)nc(N(C)CCOC(C)C)n1. The lowest BCUT2D eigenvalue weighted by Crippen LogP contribution is -2.26. The third-order valence-corrected chi connectivity index (χ3v) is 2.63. The lowest BCUT2D eigenvalue weighted by atomic mass is 10.5.